The highest BCUT2D eigenvalue weighted by atomic mass is 79.9. The topological polar surface area (TPSA) is 56.0 Å². The van der Waals surface area contributed by atoms with Crippen LogP contribution in [0.1, 0.15) is 30.4 Å². The van der Waals surface area contributed by atoms with Gasteiger partial charge in [-0.1, -0.05) is 52.8 Å². The van der Waals surface area contributed by atoms with E-state index < -0.39 is 0 Å². The fraction of sp³-hybridized carbons (Fsp3) is 0.222. The molecule has 5 nitrogen and oxygen atoms in total. The van der Waals surface area contributed by atoms with Crippen LogP contribution in [0.4, 0.5) is 0 Å². The van der Waals surface area contributed by atoms with E-state index in [0.717, 1.165) is 39.7 Å². The first kappa shape index (κ1) is 17.8. The highest BCUT2D eigenvalue weighted by molar-refractivity contribution is 9.10. The van der Waals surface area contributed by atoms with Crippen LogP contribution in [0.25, 0.3) is 0 Å². The third-order valence-electron chi connectivity index (χ3n) is 3.42. The summed E-state index contributed by atoms with van der Waals surface area (Å²) in [5, 5.41) is 14.0. The van der Waals surface area contributed by atoms with Crippen LogP contribution in [0.2, 0.25) is 0 Å². The van der Waals surface area contributed by atoms with Gasteiger partial charge in [-0.2, -0.15) is 9.78 Å². The van der Waals surface area contributed by atoms with Gasteiger partial charge in [0.1, 0.15) is 0 Å². The zero-order chi connectivity index (χ0) is 17.5. The molecule has 0 aliphatic heterocycles. The summed E-state index contributed by atoms with van der Waals surface area (Å²) in [4.78, 5) is 4.27. The van der Waals surface area contributed by atoms with Crippen LogP contribution in [0.15, 0.2) is 63.4 Å². The molecule has 3 rings (SSSR count). The fourth-order valence-electron chi connectivity index (χ4n) is 2.18. The molecule has 1 aromatic carbocycles. The maximum absolute atomic E-state index is 4.56. The predicted molar refractivity (Wildman–Crippen MR) is 105 cm³/mol. The maximum atomic E-state index is 4.56. The molecular formula is C18H18BrN5S. The lowest BCUT2D eigenvalue weighted by Crippen LogP contribution is -2.00. The van der Waals surface area contributed by atoms with Crippen molar-refractivity contribution in [3.63, 3.8) is 0 Å². The van der Waals surface area contributed by atoms with Crippen molar-refractivity contribution in [2.45, 2.75) is 30.7 Å². The van der Waals surface area contributed by atoms with Gasteiger partial charge in [0.15, 0.2) is 5.82 Å². The molecule has 3 aromatic rings. The minimum atomic E-state index is 0.790. The van der Waals surface area contributed by atoms with Gasteiger partial charge in [0.05, 0.1) is 11.9 Å². The first-order valence-electron chi connectivity index (χ1n) is 8.03. The molecular weight excluding hydrogens is 398 g/mol. The zero-order valence-corrected chi connectivity index (χ0v) is 16.2. The molecule has 0 fully saturated rings. The number of hydrogen-bond acceptors (Lipinski definition) is 5. The number of hydrogen-bond donors (Lipinski definition) is 0. The fourth-order valence-corrected chi connectivity index (χ4v) is 3.30. The van der Waals surface area contributed by atoms with Crippen molar-refractivity contribution in [3.8, 4) is 0 Å². The second-order valence-corrected chi connectivity index (χ2v) is 7.23. The Morgan fingerprint density at radius 2 is 2.00 bits per heavy atom. The number of aryl methyl sites for hydroxylation is 1. The minimum Gasteiger partial charge on any atom is -0.255 e. The summed E-state index contributed by atoms with van der Waals surface area (Å²) in [7, 11) is 0. The molecule has 0 saturated carbocycles. The Labute approximate surface area is 159 Å². The number of pyridine rings is 1. The van der Waals surface area contributed by atoms with Crippen LogP contribution in [0, 0.1) is 0 Å². The van der Waals surface area contributed by atoms with Crippen LogP contribution in [-0.4, -0.2) is 26.1 Å². The van der Waals surface area contributed by atoms with E-state index >= 15 is 0 Å². The van der Waals surface area contributed by atoms with Crippen LogP contribution < -0.4 is 0 Å². The normalized spacial score (nSPS) is 11.3. The van der Waals surface area contributed by atoms with Crippen molar-refractivity contribution in [2.75, 3.05) is 0 Å². The number of halogens is 1. The summed E-state index contributed by atoms with van der Waals surface area (Å²) < 4.78 is 2.90. The van der Waals surface area contributed by atoms with Crippen molar-refractivity contribution in [1.29, 1.82) is 0 Å². The molecule has 0 aliphatic carbocycles. The lowest BCUT2D eigenvalue weighted by Gasteiger charge is -2.04. The number of nitrogens with zero attached hydrogens (tertiary/aromatic N) is 5. The summed E-state index contributed by atoms with van der Waals surface area (Å²) in [5.74, 6) is 1.68. The average molecular weight is 416 g/mol. The monoisotopic (exact) mass is 415 g/mol. The molecule has 0 bridgehead atoms. The van der Waals surface area contributed by atoms with Crippen LogP contribution in [0.3, 0.4) is 0 Å². The van der Waals surface area contributed by atoms with Crippen molar-refractivity contribution >= 4 is 33.9 Å². The third kappa shape index (κ3) is 4.99. The van der Waals surface area contributed by atoms with Gasteiger partial charge in [-0.15, -0.1) is 10.2 Å². The van der Waals surface area contributed by atoms with Gasteiger partial charge in [-0.25, -0.2) is 0 Å². The molecule has 0 radical (unpaired) electrons. The van der Waals surface area contributed by atoms with Crippen molar-refractivity contribution in [2.24, 2.45) is 5.10 Å². The number of benzene rings is 1. The Hall–Kier alpha value is -1.99. The summed E-state index contributed by atoms with van der Waals surface area (Å²) >= 11 is 5.09. The summed E-state index contributed by atoms with van der Waals surface area (Å²) in [6.45, 7) is 2.12. The smallest absolute Gasteiger partial charge is 0.212 e. The van der Waals surface area contributed by atoms with Gasteiger partial charge in [-0.05, 0) is 36.2 Å². The maximum Gasteiger partial charge on any atom is 0.212 e. The van der Waals surface area contributed by atoms with E-state index in [1.807, 2.05) is 35.0 Å². The Kier molecular flexibility index (Phi) is 6.36. The average Bonchev–Trinajstić information content (AvgIpc) is 3.02. The number of thioether (sulfide) groups is 1. The van der Waals surface area contributed by atoms with E-state index in [-0.39, 0.29) is 0 Å². The third-order valence-corrected chi connectivity index (χ3v) is 4.94. The molecule has 0 aliphatic rings. The number of rotatable bonds is 7. The van der Waals surface area contributed by atoms with Gasteiger partial charge in [0.2, 0.25) is 5.16 Å². The summed E-state index contributed by atoms with van der Waals surface area (Å²) in [6.07, 6.45) is 5.33. The Morgan fingerprint density at radius 3 is 2.72 bits per heavy atom. The first-order chi connectivity index (χ1) is 12.3. The lowest BCUT2D eigenvalue weighted by atomic mass is 10.2. The Bertz CT molecular complexity index is 830. The highest BCUT2D eigenvalue weighted by Gasteiger charge is 2.11. The van der Waals surface area contributed by atoms with E-state index in [9.17, 15) is 0 Å². The predicted octanol–water partition coefficient (Wildman–Crippen LogP) is 4.56. The van der Waals surface area contributed by atoms with Gasteiger partial charge >= 0.3 is 0 Å². The molecule has 2 aromatic heterocycles. The SMILES string of the molecule is CCCc1nnc(SCc2ccc(Br)cc2)n1/N=C/c1ccccn1. The van der Waals surface area contributed by atoms with E-state index in [4.69, 9.17) is 0 Å². The van der Waals surface area contributed by atoms with Crippen molar-refractivity contribution in [1.82, 2.24) is 19.9 Å². The first-order valence-corrected chi connectivity index (χ1v) is 9.81. The largest absolute Gasteiger partial charge is 0.255 e. The molecule has 0 amide bonds. The second kappa shape index (κ2) is 8.92. The molecule has 2 heterocycles. The molecule has 0 unspecified atom stereocenters. The van der Waals surface area contributed by atoms with Crippen LogP contribution in [0.5, 0.6) is 0 Å². The van der Waals surface area contributed by atoms with E-state index in [1.165, 1.54) is 5.56 Å². The summed E-state index contributed by atoms with van der Waals surface area (Å²) in [5.41, 5.74) is 2.04. The lowest BCUT2D eigenvalue weighted by molar-refractivity contribution is 0.699. The summed E-state index contributed by atoms with van der Waals surface area (Å²) in [6, 6.07) is 14.0. The van der Waals surface area contributed by atoms with Crippen LogP contribution >= 0.6 is 27.7 Å². The van der Waals surface area contributed by atoms with E-state index in [2.05, 4.69) is 55.3 Å². The van der Waals surface area contributed by atoms with Gasteiger partial charge in [0, 0.05) is 22.8 Å². The van der Waals surface area contributed by atoms with Crippen molar-refractivity contribution in [3.05, 3.63) is 70.2 Å². The molecule has 0 saturated heterocycles. The molecule has 0 N–H and O–H groups in total. The standard InChI is InChI=1S/C18H18BrN5S/c1-2-5-17-22-23-18(25-13-14-7-9-15(19)10-8-14)24(17)21-12-16-6-3-4-11-20-16/h3-4,6-12H,2,5,13H2,1H3/b21-12+. The Morgan fingerprint density at radius 1 is 1.16 bits per heavy atom. The van der Waals surface area contributed by atoms with E-state index in [1.54, 1.807) is 24.2 Å². The van der Waals surface area contributed by atoms with Gasteiger partial charge < -0.3 is 0 Å². The van der Waals surface area contributed by atoms with E-state index in [0.29, 0.717) is 0 Å². The van der Waals surface area contributed by atoms with Crippen molar-refractivity contribution < 1.29 is 0 Å². The van der Waals surface area contributed by atoms with Gasteiger partial charge in [0.25, 0.3) is 0 Å². The molecule has 7 heteroatoms. The minimum absolute atomic E-state index is 0.790. The van der Waals surface area contributed by atoms with Gasteiger partial charge in [-0.3, -0.25) is 4.98 Å². The molecule has 128 valence electrons. The Balaban J connectivity index is 1.78. The molecule has 0 atom stereocenters. The molecule has 25 heavy (non-hydrogen) atoms. The zero-order valence-electron chi connectivity index (χ0n) is 13.8. The molecule has 0 spiro atoms. The quantitative estimate of drug-likeness (QED) is 0.419. The van der Waals surface area contributed by atoms with Crippen LogP contribution in [-0.2, 0) is 12.2 Å². The highest BCUT2D eigenvalue weighted by Crippen LogP contribution is 2.23. The number of aromatic nitrogens is 4. The second-order valence-electron chi connectivity index (χ2n) is 5.37.